The van der Waals surface area contributed by atoms with Gasteiger partial charge in [0.1, 0.15) is 5.60 Å². The van der Waals surface area contributed by atoms with Crippen molar-refractivity contribution in [2.75, 3.05) is 26.2 Å². The van der Waals surface area contributed by atoms with E-state index in [1.165, 1.54) is 6.42 Å². The van der Waals surface area contributed by atoms with Gasteiger partial charge >= 0.3 is 6.09 Å². The summed E-state index contributed by atoms with van der Waals surface area (Å²) in [5.74, 6) is 1.23. The molecule has 1 saturated heterocycles. The van der Waals surface area contributed by atoms with Gasteiger partial charge in [0.15, 0.2) is 0 Å². The molecule has 8 heteroatoms. The molecule has 0 saturated carbocycles. The summed E-state index contributed by atoms with van der Waals surface area (Å²) in [4.78, 5) is 16.0. The number of aryl methyl sites for hydroxylation is 1. The van der Waals surface area contributed by atoms with Crippen LogP contribution in [0.15, 0.2) is 30.3 Å². The van der Waals surface area contributed by atoms with Crippen LogP contribution in [0.5, 0.6) is 0 Å². The van der Waals surface area contributed by atoms with Crippen molar-refractivity contribution in [2.45, 2.75) is 65.0 Å². The van der Waals surface area contributed by atoms with E-state index in [-0.39, 0.29) is 6.09 Å². The zero-order valence-electron chi connectivity index (χ0n) is 19.1. The second-order valence-corrected chi connectivity index (χ2v) is 9.30. The maximum absolute atomic E-state index is 11.8. The average Bonchev–Trinajstić information content (AvgIpc) is 3.21. The molecule has 31 heavy (non-hydrogen) atoms. The molecule has 3 rings (SSSR count). The smallest absolute Gasteiger partial charge is 0.407 e. The lowest BCUT2D eigenvalue weighted by atomic mass is 9.96. The van der Waals surface area contributed by atoms with Crippen molar-refractivity contribution in [3.8, 4) is 11.4 Å². The molecule has 0 bridgehead atoms. The summed E-state index contributed by atoms with van der Waals surface area (Å²) >= 11 is 0. The number of nitrogens with one attached hydrogen (secondary N) is 1. The van der Waals surface area contributed by atoms with Gasteiger partial charge in [-0.1, -0.05) is 36.8 Å². The van der Waals surface area contributed by atoms with Gasteiger partial charge in [0.2, 0.25) is 5.82 Å². The van der Waals surface area contributed by atoms with E-state index in [2.05, 4.69) is 25.6 Å². The fourth-order valence-corrected chi connectivity index (χ4v) is 3.76. The molecule has 1 aromatic heterocycles. The van der Waals surface area contributed by atoms with Crippen LogP contribution in [0.25, 0.3) is 11.4 Å². The van der Waals surface area contributed by atoms with Crippen molar-refractivity contribution in [2.24, 2.45) is 5.92 Å². The predicted octanol–water partition coefficient (Wildman–Crippen LogP) is 3.75. The van der Waals surface area contributed by atoms with E-state index in [1.54, 1.807) is 4.80 Å². The van der Waals surface area contributed by atoms with Crippen molar-refractivity contribution in [1.82, 2.24) is 30.4 Å². The summed E-state index contributed by atoms with van der Waals surface area (Å²) in [7, 11) is 0. The van der Waals surface area contributed by atoms with E-state index in [0.717, 1.165) is 57.4 Å². The molecule has 1 N–H and O–H groups in total. The van der Waals surface area contributed by atoms with Gasteiger partial charge in [-0.25, -0.2) is 4.79 Å². The molecule has 2 aromatic rings. The molecule has 0 spiro atoms. The number of benzene rings is 1. The van der Waals surface area contributed by atoms with Crippen molar-refractivity contribution < 1.29 is 9.53 Å². The molecular weight excluding hydrogens is 392 g/mol. The van der Waals surface area contributed by atoms with Crippen molar-refractivity contribution in [3.05, 3.63) is 30.3 Å². The summed E-state index contributed by atoms with van der Waals surface area (Å²) in [5.41, 5.74) is 0.556. The maximum atomic E-state index is 11.8. The molecule has 2 heterocycles. The number of likely N-dealkylation sites (tertiary alicyclic amines) is 1. The maximum Gasteiger partial charge on any atom is 0.407 e. The largest absolute Gasteiger partial charge is 0.444 e. The predicted molar refractivity (Wildman–Crippen MR) is 121 cm³/mol. The van der Waals surface area contributed by atoms with Crippen molar-refractivity contribution in [1.29, 1.82) is 0 Å². The second-order valence-electron chi connectivity index (χ2n) is 9.30. The Morgan fingerprint density at radius 2 is 1.81 bits per heavy atom. The molecule has 1 aromatic carbocycles. The van der Waals surface area contributed by atoms with Crippen LogP contribution < -0.4 is 5.32 Å². The molecule has 1 amide bonds. The quantitative estimate of drug-likeness (QED) is 0.612. The molecule has 0 radical (unpaired) electrons. The Hall–Kier alpha value is -2.48. The third kappa shape index (κ3) is 8.28. The monoisotopic (exact) mass is 428 g/mol. The number of rotatable bonds is 9. The Balaban J connectivity index is 1.24. The number of carbonyl (C=O) groups excluding carboxylic acids is 1. The third-order valence-electron chi connectivity index (χ3n) is 5.46. The van der Waals surface area contributed by atoms with Crippen LogP contribution in [0, 0.1) is 5.92 Å². The van der Waals surface area contributed by atoms with E-state index in [9.17, 15) is 4.79 Å². The SMILES string of the molecule is CC(C)(C)OC(=O)NCC1CCN(CCCCCn2nnc(-c3ccccc3)n2)CC1. The van der Waals surface area contributed by atoms with E-state index in [4.69, 9.17) is 4.74 Å². The zero-order chi connectivity index (χ0) is 22.1. The highest BCUT2D eigenvalue weighted by Gasteiger charge is 2.21. The van der Waals surface area contributed by atoms with E-state index >= 15 is 0 Å². The Kier molecular flexibility index (Phi) is 8.40. The summed E-state index contributed by atoms with van der Waals surface area (Å²) in [6.07, 6.45) is 5.33. The average molecular weight is 429 g/mol. The number of hydrogen-bond acceptors (Lipinski definition) is 6. The minimum atomic E-state index is -0.443. The zero-order valence-corrected chi connectivity index (χ0v) is 19.1. The van der Waals surface area contributed by atoms with E-state index in [0.29, 0.717) is 18.3 Å². The number of carbonyl (C=O) groups is 1. The number of alkyl carbamates (subject to hydrolysis) is 1. The number of aromatic nitrogens is 4. The molecule has 0 atom stereocenters. The topological polar surface area (TPSA) is 85.2 Å². The number of amides is 1. The van der Waals surface area contributed by atoms with E-state index in [1.807, 2.05) is 51.1 Å². The van der Waals surface area contributed by atoms with Crippen molar-refractivity contribution >= 4 is 6.09 Å². The van der Waals surface area contributed by atoms with Crippen LogP contribution in [-0.2, 0) is 11.3 Å². The van der Waals surface area contributed by atoms with Gasteiger partial charge in [-0.3, -0.25) is 0 Å². The molecule has 1 aliphatic heterocycles. The number of hydrogen-bond donors (Lipinski definition) is 1. The van der Waals surface area contributed by atoms with Gasteiger partial charge in [-0.15, -0.1) is 10.2 Å². The van der Waals surface area contributed by atoms with Crippen LogP contribution in [-0.4, -0.2) is 63.0 Å². The summed E-state index contributed by atoms with van der Waals surface area (Å²) in [5, 5.41) is 15.7. The lowest BCUT2D eigenvalue weighted by Crippen LogP contribution is -2.40. The molecule has 1 aliphatic rings. The Bertz CT molecular complexity index is 794. The van der Waals surface area contributed by atoms with Gasteiger partial charge < -0.3 is 15.0 Å². The fourth-order valence-electron chi connectivity index (χ4n) is 3.76. The lowest BCUT2D eigenvalue weighted by Gasteiger charge is -2.32. The van der Waals surface area contributed by atoms with E-state index < -0.39 is 5.60 Å². The molecule has 170 valence electrons. The molecule has 0 aliphatic carbocycles. The third-order valence-corrected chi connectivity index (χ3v) is 5.46. The fraction of sp³-hybridized carbons (Fsp3) is 0.652. The second kappa shape index (κ2) is 11.2. The van der Waals surface area contributed by atoms with Gasteiger partial charge in [0.25, 0.3) is 0 Å². The Morgan fingerprint density at radius 3 is 2.52 bits per heavy atom. The van der Waals surface area contributed by atoms with Gasteiger partial charge in [0.05, 0.1) is 6.54 Å². The first-order chi connectivity index (χ1) is 14.9. The summed E-state index contributed by atoms with van der Waals surface area (Å²) in [6.45, 7) is 10.5. The van der Waals surface area contributed by atoms with Crippen LogP contribution in [0.1, 0.15) is 52.9 Å². The van der Waals surface area contributed by atoms with Crippen LogP contribution >= 0.6 is 0 Å². The highest BCUT2D eigenvalue weighted by molar-refractivity contribution is 5.67. The first-order valence-electron chi connectivity index (χ1n) is 11.4. The molecule has 8 nitrogen and oxygen atoms in total. The van der Waals surface area contributed by atoms with Gasteiger partial charge in [-0.2, -0.15) is 4.80 Å². The van der Waals surface area contributed by atoms with Crippen molar-refractivity contribution in [3.63, 3.8) is 0 Å². The molecular formula is C23H36N6O2. The Labute approximate surface area is 185 Å². The number of nitrogens with zero attached hydrogens (tertiary/aromatic N) is 5. The van der Waals surface area contributed by atoms with Crippen LogP contribution in [0.2, 0.25) is 0 Å². The number of unbranched alkanes of at least 4 members (excludes halogenated alkanes) is 2. The minimum absolute atomic E-state index is 0.312. The van der Waals surface area contributed by atoms with Gasteiger partial charge in [0, 0.05) is 12.1 Å². The van der Waals surface area contributed by atoms with Crippen LogP contribution in [0.4, 0.5) is 4.79 Å². The molecule has 1 fully saturated rings. The molecule has 0 unspecified atom stereocenters. The van der Waals surface area contributed by atoms with Crippen LogP contribution in [0.3, 0.4) is 0 Å². The minimum Gasteiger partial charge on any atom is -0.444 e. The first-order valence-corrected chi connectivity index (χ1v) is 11.4. The number of tetrazole rings is 1. The standard InChI is InChI=1S/C23H36N6O2/c1-23(2,3)31-22(30)24-18-19-12-16-28(17-13-19)14-8-5-9-15-29-26-21(25-27-29)20-10-6-4-7-11-20/h4,6-7,10-11,19H,5,8-9,12-18H2,1-3H3,(H,24,30). The first kappa shape index (κ1) is 23.2. The highest BCUT2D eigenvalue weighted by atomic mass is 16.6. The van der Waals surface area contributed by atoms with Gasteiger partial charge in [-0.05, 0) is 77.2 Å². The number of piperidine rings is 1. The number of ether oxygens (including phenoxy) is 1. The normalized spacial score (nSPS) is 15.7. The summed E-state index contributed by atoms with van der Waals surface area (Å²) in [6, 6.07) is 9.94. The Morgan fingerprint density at radius 1 is 1.10 bits per heavy atom. The lowest BCUT2D eigenvalue weighted by molar-refractivity contribution is 0.0509. The summed E-state index contributed by atoms with van der Waals surface area (Å²) < 4.78 is 5.31. The highest BCUT2D eigenvalue weighted by Crippen LogP contribution is 2.17.